The van der Waals surface area contributed by atoms with Crippen molar-refractivity contribution in [1.29, 1.82) is 0 Å². The van der Waals surface area contributed by atoms with Crippen molar-refractivity contribution in [3.8, 4) is 11.8 Å². The van der Waals surface area contributed by atoms with Crippen LogP contribution in [0.25, 0.3) is 0 Å². The third-order valence-corrected chi connectivity index (χ3v) is 3.18. The first kappa shape index (κ1) is 12.0. The molecule has 3 heteroatoms. The Labute approximate surface area is 110 Å². The van der Waals surface area contributed by atoms with Crippen molar-refractivity contribution < 1.29 is 0 Å². The predicted molar refractivity (Wildman–Crippen MR) is 73.3 cm³/mol. The highest BCUT2D eigenvalue weighted by molar-refractivity contribution is 7.99. The van der Waals surface area contributed by atoms with Gasteiger partial charge in [-0.2, -0.15) is 0 Å². The second-order valence-corrected chi connectivity index (χ2v) is 4.77. The van der Waals surface area contributed by atoms with Crippen LogP contribution in [-0.2, 0) is 0 Å². The van der Waals surface area contributed by atoms with E-state index in [4.69, 9.17) is 11.6 Å². The number of thioether (sulfide) groups is 1. The first-order valence-corrected chi connectivity index (χ1v) is 6.48. The van der Waals surface area contributed by atoms with Gasteiger partial charge in [-0.3, -0.25) is 4.98 Å². The number of pyridine rings is 1. The summed E-state index contributed by atoms with van der Waals surface area (Å²) in [5, 5.41) is 0.738. The summed E-state index contributed by atoms with van der Waals surface area (Å²) < 4.78 is 0. The molecule has 1 nitrogen and oxygen atoms in total. The van der Waals surface area contributed by atoms with Gasteiger partial charge in [-0.1, -0.05) is 23.4 Å². The number of halogens is 1. The third kappa shape index (κ3) is 4.14. The molecule has 0 bridgehead atoms. The van der Waals surface area contributed by atoms with Gasteiger partial charge in [0.2, 0.25) is 0 Å². The molecule has 2 rings (SSSR count). The molecular weight excluding hydrogens is 250 g/mol. The number of rotatable bonds is 2. The number of benzene rings is 1. The Balaban J connectivity index is 1.89. The summed E-state index contributed by atoms with van der Waals surface area (Å²) in [7, 11) is 0. The van der Waals surface area contributed by atoms with E-state index in [0.29, 0.717) is 0 Å². The fraction of sp³-hybridized carbons (Fsp3) is 0.0714. The fourth-order valence-corrected chi connectivity index (χ4v) is 1.98. The van der Waals surface area contributed by atoms with Crippen LogP contribution in [0.4, 0.5) is 0 Å². The molecule has 0 N–H and O–H groups in total. The lowest BCUT2D eigenvalue weighted by Crippen LogP contribution is -1.77. The van der Waals surface area contributed by atoms with E-state index in [1.54, 1.807) is 24.2 Å². The zero-order valence-corrected chi connectivity index (χ0v) is 10.6. The summed E-state index contributed by atoms with van der Waals surface area (Å²) in [6.45, 7) is 0. The lowest BCUT2D eigenvalue weighted by atomic mass is 10.2. The molecule has 0 aliphatic heterocycles. The Morgan fingerprint density at radius 2 is 1.76 bits per heavy atom. The average Bonchev–Trinajstić information content (AvgIpc) is 2.38. The summed E-state index contributed by atoms with van der Waals surface area (Å²) in [5.41, 5.74) is 0.990. The van der Waals surface area contributed by atoms with Gasteiger partial charge in [0.05, 0.1) is 5.75 Å². The van der Waals surface area contributed by atoms with Crippen LogP contribution in [-0.4, -0.2) is 10.7 Å². The molecule has 0 fully saturated rings. The highest BCUT2D eigenvalue weighted by atomic mass is 35.5. The van der Waals surface area contributed by atoms with Gasteiger partial charge in [0.15, 0.2) is 0 Å². The van der Waals surface area contributed by atoms with Crippen molar-refractivity contribution in [2.24, 2.45) is 0 Å². The molecule has 0 atom stereocenters. The Hall–Kier alpha value is -1.43. The Kier molecular flexibility index (Phi) is 4.49. The maximum Gasteiger partial charge on any atom is 0.0598 e. The third-order valence-electron chi connectivity index (χ3n) is 2.04. The number of aromatic nitrogens is 1. The van der Waals surface area contributed by atoms with E-state index in [1.807, 2.05) is 36.4 Å². The maximum absolute atomic E-state index is 5.79. The van der Waals surface area contributed by atoms with E-state index in [1.165, 1.54) is 4.90 Å². The largest absolute Gasteiger partial charge is 0.265 e. The molecule has 0 spiro atoms. The van der Waals surface area contributed by atoms with Crippen molar-refractivity contribution in [3.05, 3.63) is 59.4 Å². The lowest BCUT2D eigenvalue weighted by molar-refractivity contribution is 1.26. The van der Waals surface area contributed by atoms with Gasteiger partial charge in [-0.05, 0) is 36.4 Å². The van der Waals surface area contributed by atoms with E-state index in [-0.39, 0.29) is 0 Å². The molecule has 17 heavy (non-hydrogen) atoms. The summed E-state index contributed by atoms with van der Waals surface area (Å²) in [6, 6.07) is 11.5. The van der Waals surface area contributed by atoms with Crippen LogP contribution in [0, 0.1) is 11.8 Å². The Bertz CT molecular complexity index is 526. The summed E-state index contributed by atoms with van der Waals surface area (Å²) in [5.74, 6) is 6.99. The minimum absolute atomic E-state index is 0.738. The van der Waals surface area contributed by atoms with Gasteiger partial charge in [-0.25, -0.2) is 0 Å². The molecule has 0 saturated heterocycles. The topological polar surface area (TPSA) is 12.9 Å². The van der Waals surface area contributed by atoms with E-state index in [9.17, 15) is 0 Å². The highest BCUT2D eigenvalue weighted by Gasteiger charge is 1.90. The van der Waals surface area contributed by atoms with Gasteiger partial charge in [-0.15, -0.1) is 11.8 Å². The van der Waals surface area contributed by atoms with Crippen LogP contribution in [0.15, 0.2) is 53.7 Å². The first-order valence-electron chi connectivity index (χ1n) is 5.12. The van der Waals surface area contributed by atoms with Crippen LogP contribution in [0.2, 0.25) is 5.02 Å². The zero-order chi connectivity index (χ0) is 11.9. The Morgan fingerprint density at radius 1 is 1.06 bits per heavy atom. The minimum atomic E-state index is 0.738. The van der Waals surface area contributed by atoms with Crippen molar-refractivity contribution in [1.82, 2.24) is 4.98 Å². The monoisotopic (exact) mass is 259 g/mol. The fourth-order valence-electron chi connectivity index (χ4n) is 1.23. The number of hydrogen-bond donors (Lipinski definition) is 0. The molecule has 84 valence electrons. The molecule has 0 saturated carbocycles. The maximum atomic E-state index is 5.79. The van der Waals surface area contributed by atoms with E-state index in [2.05, 4.69) is 16.8 Å². The summed E-state index contributed by atoms with van der Waals surface area (Å²) in [4.78, 5) is 5.15. The van der Waals surface area contributed by atoms with Crippen molar-refractivity contribution >= 4 is 23.4 Å². The number of nitrogens with zero attached hydrogens (tertiary/aromatic N) is 1. The van der Waals surface area contributed by atoms with Gasteiger partial charge in [0, 0.05) is 27.9 Å². The van der Waals surface area contributed by atoms with Crippen LogP contribution < -0.4 is 0 Å². The lowest BCUT2D eigenvalue weighted by Gasteiger charge is -1.94. The second kappa shape index (κ2) is 6.34. The second-order valence-electron chi connectivity index (χ2n) is 3.28. The van der Waals surface area contributed by atoms with E-state index < -0.39 is 0 Å². The highest BCUT2D eigenvalue weighted by Crippen LogP contribution is 2.15. The SMILES string of the molecule is Clc1ccc(C#CCSc2ccncc2)cc1. The van der Waals surface area contributed by atoms with Gasteiger partial charge < -0.3 is 0 Å². The smallest absolute Gasteiger partial charge is 0.0598 e. The molecule has 0 aliphatic carbocycles. The summed E-state index contributed by atoms with van der Waals surface area (Å²) >= 11 is 7.50. The standard InChI is InChI=1S/C14H10ClNS/c15-13-5-3-12(4-6-13)2-1-11-17-14-7-9-16-10-8-14/h3-10H,11H2. The van der Waals surface area contributed by atoms with Gasteiger partial charge in [0.1, 0.15) is 0 Å². The molecule has 1 aromatic heterocycles. The molecular formula is C14H10ClNS. The van der Waals surface area contributed by atoms with Gasteiger partial charge in [0.25, 0.3) is 0 Å². The number of hydrogen-bond acceptors (Lipinski definition) is 2. The van der Waals surface area contributed by atoms with Crippen molar-refractivity contribution in [3.63, 3.8) is 0 Å². The normalized spacial score (nSPS) is 9.47. The van der Waals surface area contributed by atoms with Crippen molar-refractivity contribution in [2.75, 3.05) is 5.75 Å². The molecule has 0 unspecified atom stereocenters. The molecule has 0 aliphatic rings. The zero-order valence-electron chi connectivity index (χ0n) is 9.06. The van der Waals surface area contributed by atoms with Crippen molar-refractivity contribution in [2.45, 2.75) is 4.90 Å². The van der Waals surface area contributed by atoms with Crippen LogP contribution in [0.3, 0.4) is 0 Å². The first-order chi connectivity index (χ1) is 8.34. The molecule has 2 aromatic rings. The van der Waals surface area contributed by atoms with Crippen LogP contribution in [0.5, 0.6) is 0 Å². The summed E-state index contributed by atoms with van der Waals surface area (Å²) in [6.07, 6.45) is 3.57. The minimum Gasteiger partial charge on any atom is -0.265 e. The average molecular weight is 260 g/mol. The molecule has 1 aromatic carbocycles. The van der Waals surface area contributed by atoms with E-state index in [0.717, 1.165) is 16.3 Å². The Morgan fingerprint density at radius 3 is 2.47 bits per heavy atom. The van der Waals surface area contributed by atoms with Gasteiger partial charge >= 0.3 is 0 Å². The van der Waals surface area contributed by atoms with Crippen LogP contribution in [0.1, 0.15) is 5.56 Å². The molecule has 1 heterocycles. The molecule has 0 amide bonds. The predicted octanol–water partition coefficient (Wildman–Crippen LogP) is 3.88. The van der Waals surface area contributed by atoms with E-state index >= 15 is 0 Å². The molecule has 0 radical (unpaired) electrons. The quantitative estimate of drug-likeness (QED) is 0.600. The van der Waals surface area contributed by atoms with Crippen LogP contribution >= 0.6 is 23.4 Å².